The van der Waals surface area contributed by atoms with Gasteiger partial charge in [-0.25, -0.2) is 19.9 Å². The van der Waals surface area contributed by atoms with Crippen molar-refractivity contribution in [2.24, 2.45) is 0 Å². The van der Waals surface area contributed by atoms with E-state index in [1.807, 2.05) is 37.8 Å². The highest BCUT2D eigenvalue weighted by molar-refractivity contribution is 5.94. The minimum Gasteiger partial charge on any atom is -0.338 e. The Kier molecular flexibility index (Phi) is 5.16. The predicted molar refractivity (Wildman–Crippen MR) is 109 cm³/mol. The van der Waals surface area contributed by atoms with E-state index in [1.54, 1.807) is 24.5 Å². The molecule has 8 heteroatoms. The van der Waals surface area contributed by atoms with E-state index in [2.05, 4.69) is 30.2 Å². The van der Waals surface area contributed by atoms with Crippen LogP contribution in [0.2, 0.25) is 0 Å². The molecule has 0 radical (unpaired) electrons. The van der Waals surface area contributed by atoms with Crippen LogP contribution in [0.3, 0.4) is 0 Å². The van der Waals surface area contributed by atoms with Gasteiger partial charge in [0, 0.05) is 54.5 Å². The number of likely N-dealkylation sites (tertiary alicyclic amines) is 1. The fraction of sp³-hybridized carbons (Fsp3) is 0.333. The van der Waals surface area contributed by atoms with Gasteiger partial charge in [-0.3, -0.25) is 9.78 Å². The highest BCUT2D eigenvalue weighted by Crippen LogP contribution is 2.27. The topological polar surface area (TPSA) is 96.8 Å². The van der Waals surface area contributed by atoms with Gasteiger partial charge in [0.25, 0.3) is 5.91 Å². The van der Waals surface area contributed by atoms with Crippen LogP contribution in [-0.4, -0.2) is 48.8 Å². The fourth-order valence-electron chi connectivity index (χ4n) is 3.56. The van der Waals surface area contributed by atoms with Gasteiger partial charge in [-0.05, 0) is 45.4 Å². The van der Waals surface area contributed by atoms with Gasteiger partial charge in [0.15, 0.2) is 0 Å². The molecule has 1 amide bonds. The SMILES string of the molecule is Cc1cc(C)nc(Nc2cc(C)nc([C@@H]3CCN(C(=O)c4cccnc4)C3)n2)n1. The molecule has 1 aliphatic heterocycles. The van der Waals surface area contributed by atoms with E-state index in [1.165, 1.54) is 0 Å². The Hall–Kier alpha value is -3.42. The Morgan fingerprint density at radius 1 is 1.07 bits per heavy atom. The maximum Gasteiger partial charge on any atom is 0.255 e. The van der Waals surface area contributed by atoms with Crippen molar-refractivity contribution in [3.63, 3.8) is 0 Å². The summed E-state index contributed by atoms with van der Waals surface area (Å²) in [5, 5.41) is 3.19. The number of pyridine rings is 1. The lowest BCUT2D eigenvalue weighted by Gasteiger charge is -2.16. The first-order valence-corrected chi connectivity index (χ1v) is 9.62. The van der Waals surface area contributed by atoms with Gasteiger partial charge in [-0.2, -0.15) is 0 Å². The molecule has 8 nitrogen and oxygen atoms in total. The second kappa shape index (κ2) is 7.90. The van der Waals surface area contributed by atoms with Gasteiger partial charge in [0.05, 0.1) is 5.56 Å². The molecule has 0 unspecified atom stereocenters. The van der Waals surface area contributed by atoms with Crippen LogP contribution < -0.4 is 5.32 Å². The molecule has 1 saturated heterocycles. The third-order valence-corrected chi connectivity index (χ3v) is 4.84. The highest BCUT2D eigenvalue weighted by atomic mass is 16.2. The molecule has 0 aliphatic carbocycles. The molecule has 1 fully saturated rings. The average molecular weight is 389 g/mol. The number of aromatic nitrogens is 5. The summed E-state index contributed by atoms with van der Waals surface area (Å²) in [6.07, 6.45) is 4.09. The molecule has 0 saturated carbocycles. The van der Waals surface area contributed by atoms with E-state index in [4.69, 9.17) is 0 Å². The van der Waals surface area contributed by atoms with Crippen molar-refractivity contribution in [2.45, 2.75) is 33.1 Å². The first kappa shape index (κ1) is 18.9. The number of carbonyl (C=O) groups is 1. The van der Waals surface area contributed by atoms with E-state index < -0.39 is 0 Å². The zero-order valence-corrected chi connectivity index (χ0v) is 16.8. The van der Waals surface area contributed by atoms with Crippen LogP contribution in [0.1, 0.15) is 45.6 Å². The number of nitrogens with one attached hydrogen (secondary N) is 1. The third kappa shape index (κ3) is 4.37. The Labute approximate surface area is 169 Å². The van der Waals surface area contributed by atoms with E-state index in [9.17, 15) is 4.79 Å². The first-order valence-electron chi connectivity index (χ1n) is 9.62. The molecule has 148 valence electrons. The van der Waals surface area contributed by atoms with Gasteiger partial charge >= 0.3 is 0 Å². The van der Waals surface area contributed by atoms with Gasteiger partial charge in [0.2, 0.25) is 5.95 Å². The van der Waals surface area contributed by atoms with Crippen molar-refractivity contribution >= 4 is 17.7 Å². The summed E-state index contributed by atoms with van der Waals surface area (Å²) < 4.78 is 0. The number of nitrogens with zero attached hydrogens (tertiary/aromatic N) is 6. The number of aryl methyl sites for hydroxylation is 3. The van der Waals surface area contributed by atoms with Crippen LogP contribution >= 0.6 is 0 Å². The smallest absolute Gasteiger partial charge is 0.255 e. The van der Waals surface area contributed by atoms with E-state index >= 15 is 0 Å². The molecule has 0 spiro atoms. The van der Waals surface area contributed by atoms with Crippen molar-refractivity contribution in [1.29, 1.82) is 0 Å². The molecule has 4 rings (SSSR count). The Morgan fingerprint density at radius 2 is 1.83 bits per heavy atom. The van der Waals surface area contributed by atoms with Crippen LogP contribution in [0.15, 0.2) is 36.7 Å². The minimum absolute atomic E-state index is 0.00441. The summed E-state index contributed by atoms with van der Waals surface area (Å²) in [5.74, 6) is 2.01. The van der Waals surface area contributed by atoms with Crippen LogP contribution in [0.5, 0.6) is 0 Å². The maximum atomic E-state index is 12.7. The van der Waals surface area contributed by atoms with Crippen molar-refractivity contribution in [3.8, 4) is 0 Å². The number of hydrogen-bond acceptors (Lipinski definition) is 7. The maximum absolute atomic E-state index is 12.7. The van der Waals surface area contributed by atoms with Crippen molar-refractivity contribution in [2.75, 3.05) is 18.4 Å². The van der Waals surface area contributed by atoms with Gasteiger partial charge in [-0.15, -0.1) is 0 Å². The summed E-state index contributed by atoms with van der Waals surface area (Å²) in [6.45, 7) is 7.08. The minimum atomic E-state index is -0.00441. The number of rotatable bonds is 4. The molecule has 0 aromatic carbocycles. The molecule has 1 atom stereocenters. The van der Waals surface area contributed by atoms with Crippen molar-refractivity contribution < 1.29 is 4.79 Å². The molecule has 29 heavy (non-hydrogen) atoms. The van der Waals surface area contributed by atoms with E-state index in [0.29, 0.717) is 30.4 Å². The lowest BCUT2D eigenvalue weighted by Crippen LogP contribution is -2.28. The second-order valence-corrected chi connectivity index (χ2v) is 7.33. The fourth-order valence-corrected chi connectivity index (χ4v) is 3.56. The molecule has 0 bridgehead atoms. The number of anilines is 2. The quantitative estimate of drug-likeness (QED) is 0.733. The van der Waals surface area contributed by atoms with Gasteiger partial charge in [-0.1, -0.05) is 0 Å². The average Bonchev–Trinajstić information content (AvgIpc) is 3.17. The Morgan fingerprint density at radius 3 is 2.55 bits per heavy atom. The zero-order valence-electron chi connectivity index (χ0n) is 16.8. The van der Waals surface area contributed by atoms with E-state index in [-0.39, 0.29) is 11.8 Å². The third-order valence-electron chi connectivity index (χ3n) is 4.84. The van der Waals surface area contributed by atoms with Crippen molar-refractivity contribution in [1.82, 2.24) is 29.8 Å². The summed E-state index contributed by atoms with van der Waals surface area (Å²) in [5.41, 5.74) is 3.25. The summed E-state index contributed by atoms with van der Waals surface area (Å²) in [4.78, 5) is 36.7. The molecule has 4 heterocycles. The lowest BCUT2D eigenvalue weighted by atomic mass is 10.1. The number of carbonyl (C=O) groups excluding carboxylic acids is 1. The summed E-state index contributed by atoms with van der Waals surface area (Å²) in [6, 6.07) is 7.36. The molecule has 3 aromatic heterocycles. The largest absolute Gasteiger partial charge is 0.338 e. The van der Waals surface area contributed by atoms with Crippen LogP contribution in [-0.2, 0) is 0 Å². The molecule has 1 N–H and O–H groups in total. The molecule has 3 aromatic rings. The first-order chi connectivity index (χ1) is 14.0. The highest BCUT2D eigenvalue weighted by Gasteiger charge is 2.30. The predicted octanol–water partition coefficient (Wildman–Crippen LogP) is 2.96. The van der Waals surface area contributed by atoms with Gasteiger partial charge < -0.3 is 10.2 Å². The van der Waals surface area contributed by atoms with Crippen LogP contribution in [0.4, 0.5) is 11.8 Å². The van der Waals surface area contributed by atoms with Crippen LogP contribution in [0.25, 0.3) is 0 Å². The van der Waals surface area contributed by atoms with E-state index in [0.717, 1.165) is 29.3 Å². The van der Waals surface area contributed by atoms with Crippen LogP contribution in [0, 0.1) is 20.8 Å². The zero-order chi connectivity index (χ0) is 20.4. The second-order valence-electron chi connectivity index (χ2n) is 7.33. The molecular weight excluding hydrogens is 366 g/mol. The summed E-state index contributed by atoms with van der Waals surface area (Å²) in [7, 11) is 0. The summed E-state index contributed by atoms with van der Waals surface area (Å²) >= 11 is 0. The Balaban J connectivity index is 1.51. The Bertz CT molecular complexity index is 1020. The number of amides is 1. The molecular formula is C21H23N7O. The van der Waals surface area contributed by atoms with Gasteiger partial charge in [0.1, 0.15) is 11.6 Å². The normalized spacial score (nSPS) is 16.1. The lowest BCUT2D eigenvalue weighted by molar-refractivity contribution is 0.0790. The van der Waals surface area contributed by atoms with Crippen molar-refractivity contribution in [3.05, 3.63) is 65.1 Å². The number of hydrogen-bond donors (Lipinski definition) is 1. The monoisotopic (exact) mass is 389 g/mol. The standard InChI is InChI=1S/C21H23N7O/c1-13-9-14(2)25-21(24-13)27-18-10-15(3)23-19(26-18)17-6-8-28(12-17)20(29)16-5-4-7-22-11-16/h4-5,7,9-11,17H,6,8,12H2,1-3H3,(H,23,24,25,26,27)/t17-/m1/s1. The molecule has 1 aliphatic rings.